The summed E-state index contributed by atoms with van der Waals surface area (Å²) in [7, 11) is 0. The second-order valence-electron chi connectivity index (χ2n) is 3.79. The van der Waals surface area contributed by atoms with Crippen molar-refractivity contribution >= 4 is 0 Å². The van der Waals surface area contributed by atoms with Crippen LogP contribution < -0.4 is 0 Å². The molecule has 1 aliphatic rings. The zero-order valence-corrected chi connectivity index (χ0v) is 8.16. The summed E-state index contributed by atoms with van der Waals surface area (Å²) in [6.45, 7) is 8.35. The first-order valence-corrected chi connectivity index (χ1v) is 4.88. The highest BCUT2D eigenvalue weighted by molar-refractivity contribution is 4.66. The molecule has 0 atom stereocenters. The minimum absolute atomic E-state index is 0.648. The summed E-state index contributed by atoms with van der Waals surface area (Å²) in [5.74, 6) is 0. The van der Waals surface area contributed by atoms with Crippen LogP contribution in [0.15, 0.2) is 0 Å². The Balaban J connectivity index is 2.30. The second kappa shape index (κ2) is 4.80. The third-order valence-electron chi connectivity index (χ3n) is 2.45. The van der Waals surface area contributed by atoms with E-state index >= 15 is 0 Å². The third-order valence-corrected chi connectivity index (χ3v) is 2.45. The lowest BCUT2D eigenvalue weighted by Crippen LogP contribution is -2.38. The normalized spacial score (nSPS) is 24.0. The molecule has 1 heterocycles. The van der Waals surface area contributed by atoms with Crippen LogP contribution in [0, 0.1) is 0 Å². The predicted molar refractivity (Wildman–Crippen MR) is 49.3 cm³/mol. The molecule has 72 valence electrons. The van der Waals surface area contributed by atoms with Gasteiger partial charge in [-0.2, -0.15) is 5.06 Å². The van der Waals surface area contributed by atoms with Gasteiger partial charge in [-0.05, 0) is 39.8 Å². The van der Waals surface area contributed by atoms with Gasteiger partial charge in [-0.15, -0.1) is 0 Å². The molecule has 1 fully saturated rings. The minimum Gasteiger partial charge on any atom is -0.314 e. The molecule has 0 bridgehead atoms. The van der Waals surface area contributed by atoms with Crippen LogP contribution in [0.2, 0.25) is 0 Å². The SMILES string of the molecule is CC(C)N1CCCN(O)CCC1. The zero-order valence-electron chi connectivity index (χ0n) is 8.16. The number of hydrogen-bond donors (Lipinski definition) is 1. The average Bonchev–Trinajstić information content (AvgIpc) is 1.95. The molecular weight excluding hydrogens is 152 g/mol. The van der Waals surface area contributed by atoms with E-state index in [-0.39, 0.29) is 0 Å². The molecule has 12 heavy (non-hydrogen) atoms. The summed E-state index contributed by atoms with van der Waals surface area (Å²) < 4.78 is 0. The molecule has 1 N–H and O–H groups in total. The molecule has 0 spiro atoms. The van der Waals surface area contributed by atoms with Crippen molar-refractivity contribution < 1.29 is 5.21 Å². The smallest absolute Gasteiger partial charge is 0.0250 e. The summed E-state index contributed by atoms with van der Waals surface area (Å²) in [6.07, 6.45) is 2.16. The molecule has 0 aromatic heterocycles. The highest BCUT2D eigenvalue weighted by Gasteiger charge is 2.12. The van der Waals surface area contributed by atoms with E-state index in [1.54, 1.807) is 0 Å². The van der Waals surface area contributed by atoms with E-state index in [4.69, 9.17) is 0 Å². The van der Waals surface area contributed by atoms with Crippen molar-refractivity contribution in [2.75, 3.05) is 26.2 Å². The van der Waals surface area contributed by atoms with Crippen molar-refractivity contribution in [3.05, 3.63) is 0 Å². The van der Waals surface area contributed by atoms with Crippen LogP contribution in [0.3, 0.4) is 0 Å². The van der Waals surface area contributed by atoms with Crippen molar-refractivity contribution in [1.29, 1.82) is 0 Å². The Bertz CT molecular complexity index is 118. The Labute approximate surface area is 74.9 Å². The standard InChI is InChI=1S/C9H20N2O/c1-9(2)10-5-3-7-11(12)8-4-6-10/h9,12H,3-8H2,1-2H3. The summed E-state index contributed by atoms with van der Waals surface area (Å²) in [5, 5.41) is 10.7. The summed E-state index contributed by atoms with van der Waals surface area (Å²) in [6, 6.07) is 0.648. The van der Waals surface area contributed by atoms with Gasteiger partial charge < -0.3 is 10.1 Å². The Kier molecular flexibility index (Phi) is 3.98. The first-order valence-electron chi connectivity index (χ1n) is 4.88. The van der Waals surface area contributed by atoms with Crippen molar-refractivity contribution in [3.8, 4) is 0 Å². The second-order valence-corrected chi connectivity index (χ2v) is 3.79. The molecule has 0 unspecified atom stereocenters. The van der Waals surface area contributed by atoms with Gasteiger partial charge in [-0.25, -0.2) is 0 Å². The Morgan fingerprint density at radius 1 is 1.00 bits per heavy atom. The lowest BCUT2D eigenvalue weighted by atomic mass is 10.2. The van der Waals surface area contributed by atoms with Gasteiger partial charge in [0.05, 0.1) is 0 Å². The van der Waals surface area contributed by atoms with Crippen LogP contribution in [0.25, 0.3) is 0 Å². The van der Waals surface area contributed by atoms with Gasteiger partial charge in [-0.3, -0.25) is 0 Å². The van der Waals surface area contributed by atoms with Crippen molar-refractivity contribution in [2.45, 2.75) is 32.7 Å². The lowest BCUT2D eigenvalue weighted by Gasteiger charge is -2.30. The fraction of sp³-hybridized carbons (Fsp3) is 1.00. The van der Waals surface area contributed by atoms with Crippen molar-refractivity contribution in [1.82, 2.24) is 9.96 Å². The molecule has 3 heteroatoms. The maximum atomic E-state index is 9.25. The quantitative estimate of drug-likeness (QED) is 0.643. The highest BCUT2D eigenvalue weighted by Crippen LogP contribution is 2.05. The molecule has 0 aromatic carbocycles. The highest BCUT2D eigenvalue weighted by atomic mass is 16.5. The predicted octanol–water partition coefficient (Wildman–Crippen LogP) is 1.18. The fourth-order valence-corrected chi connectivity index (χ4v) is 1.65. The molecule has 1 aliphatic heterocycles. The van der Waals surface area contributed by atoms with Crippen LogP contribution in [0.1, 0.15) is 26.7 Å². The van der Waals surface area contributed by atoms with Crippen LogP contribution >= 0.6 is 0 Å². The first kappa shape index (κ1) is 9.96. The summed E-state index contributed by atoms with van der Waals surface area (Å²) >= 11 is 0. The Morgan fingerprint density at radius 3 is 1.92 bits per heavy atom. The maximum absolute atomic E-state index is 9.25. The monoisotopic (exact) mass is 172 g/mol. The van der Waals surface area contributed by atoms with Gasteiger partial charge in [0.1, 0.15) is 0 Å². The van der Waals surface area contributed by atoms with E-state index in [1.807, 2.05) is 0 Å². The number of nitrogens with zero attached hydrogens (tertiary/aromatic N) is 2. The van der Waals surface area contributed by atoms with E-state index in [1.165, 1.54) is 5.06 Å². The molecule has 0 aromatic rings. The van der Waals surface area contributed by atoms with Gasteiger partial charge in [0, 0.05) is 19.1 Å². The van der Waals surface area contributed by atoms with E-state index < -0.39 is 0 Å². The van der Waals surface area contributed by atoms with Gasteiger partial charge >= 0.3 is 0 Å². The average molecular weight is 172 g/mol. The summed E-state index contributed by atoms with van der Waals surface area (Å²) in [5.41, 5.74) is 0. The van der Waals surface area contributed by atoms with Gasteiger partial charge in [-0.1, -0.05) is 0 Å². The van der Waals surface area contributed by atoms with E-state index in [0.29, 0.717) is 6.04 Å². The molecule has 1 rings (SSSR count). The van der Waals surface area contributed by atoms with Crippen LogP contribution in [0.5, 0.6) is 0 Å². The Morgan fingerprint density at radius 2 is 1.50 bits per heavy atom. The number of hydrogen-bond acceptors (Lipinski definition) is 3. The summed E-state index contributed by atoms with van der Waals surface area (Å²) in [4.78, 5) is 2.48. The fourth-order valence-electron chi connectivity index (χ4n) is 1.65. The molecule has 0 saturated carbocycles. The minimum atomic E-state index is 0.648. The van der Waals surface area contributed by atoms with Gasteiger partial charge in [0.15, 0.2) is 0 Å². The maximum Gasteiger partial charge on any atom is 0.0250 e. The number of hydroxylamine groups is 2. The van der Waals surface area contributed by atoms with E-state index in [2.05, 4.69) is 18.7 Å². The first-order chi connectivity index (χ1) is 5.70. The molecule has 1 saturated heterocycles. The van der Waals surface area contributed by atoms with Gasteiger partial charge in [0.25, 0.3) is 0 Å². The van der Waals surface area contributed by atoms with Gasteiger partial charge in [0.2, 0.25) is 0 Å². The van der Waals surface area contributed by atoms with E-state index in [0.717, 1.165) is 39.0 Å². The van der Waals surface area contributed by atoms with Crippen LogP contribution in [-0.2, 0) is 0 Å². The van der Waals surface area contributed by atoms with Crippen molar-refractivity contribution in [2.24, 2.45) is 0 Å². The molecule has 3 nitrogen and oxygen atoms in total. The topological polar surface area (TPSA) is 26.7 Å². The molecular formula is C9H20N2O. The molecule has 0 aliphatic carbocycles. The molecule has 0 radical (unpaired) electrons. The van der Waals surface area contributed by atoms with Crippen LogP contribution in [-0.4, -0.2) is 47.4 Å². The third kappa shape index (κ3) is 3.09. The Hall–Kier alpha value is -0.120. The van der Waals surface area contributed by atoms with Crippen LogP contribution in [0.4, 0.5) is 0 Å². The van der Waals surface area contributed by atoms with Crippen molar-refractivity contribution in [3.63, 3.8) is 0 Å². The molecule has 0 amide bonds. The zero-order chi connectivity index (χ0) is 8.97. The lowest BCUT2D eigenvalue weighted by molar-refractivity contribution is -0.0994. The van der Waals surface area contributed by atoms with E-state index in [9.17, 15) is 5.21 Å². The number of rotatable bonds is 1. The largest absolute Gasteiger partial charge is 0.314 e.